The number of likely N-dealkylation sites (N-methyl/N-ethyl adjacent to an activating group) is 1. The summed E-state index contributed by atoms with van der Waals surface area (Å²) < 4.78 is 35.1. The van der Waals surface area contributed by atoms with Gasteiger partial charge in [-0.3, -0.25) is 13.8 Å². The number of phosphoric acid groups is 1. The van der Waals surface area contributed by atoms with Crippen molar-refractivity contribution in [2.45, 2.75) is 290 Å². The number of nitrogens with zero attached hydrogens (tertiary/aromatic N) is 1. The lowest BCUT2D eigenvalue weighted by Gasteiger charge is -2.24. The fourth-order valence-corrected chi connectivity index (χ4v) is 9.12. The second kappa shape index (κ2) is 48.0. The first-order chi connectivity index (χ1) is 30.6. The van der Waals surface area contributed by atoms with Crippen LogP contribution in [0.25, 0.3) is 0 Å². The minimum atomic E-state index is -4.27. The summed E-state index contributed by atoms with van der Waals surface area (Å²) >= 11 is 0. The fraction of sp³-hybridized carbons (Fsp3) is 0.981. The highest BCUT2D eigenvalue weighted by molar-refractivity contribution is 7.47. The molecule has 0 bridgehead atoms. The molecule has 0 aliphatic carbocycles. The Balaban J connectivity index is 3.90. The molecule has 2 atom stereocenters. The highest BCUT2D eigenvalue weighted by Crippen LogP contribution is 2.43. The van der Waals surface area contributed by atoms with Gasteiger partial charge in [-0.15, -0.1) is 0 Å². The Morgan fingerprint density at radius 1 is 0.429 bits per heavy atom. The van der Waals surface area contributed by atoms with Crippen molar-refractivity contribution >= 4 is 13.8 Å². The van der Waals surface area contributed by atoms with Gasteiger partial charge in [0.1, 0.15) is 19.3 Å². The molecular weight excluding hydrogens is 806 g/mol. The maximum atomic E-state index is 12.8. The monoisotopic (exact) mass is 917 g/mol. The maximum Gasteiger partial charge on any atom is 0.472 e. The molecule has 0 fully saturated rings. The third-order valence-corrected chi connectivity index (χ3v) is 13.7. The molecule has 1 N–H and O–H groups in total. The van der Waals surface area contributed by atoms with Gasteiger partial charge in [0.2, 0.25) is 0 Å². The lowest BCUT2D eigenvalue weighted by molar-refractivity contribution is -0.870. The molecule has 0 aromatic heterocycles. The Labute approximate surface area is 393 Å². The van der Waals surface area contributed by atoms with Crippen molar-refractivity contribution in [3.05, 3.63) is 0 Å². The Morgan fingerprint density at radius 3 is 1.05 bits per heavy atom. The molecule has 0 aromatic carbocycles. The van der Waals surface area contributed by atoms with Crippen LogP contribution in [0.15, 0.2) is 0 Å². The van der Waals surface area contributed by atoms with E-state index in [0.29, 0.717) is 24.1 Å². The number of quaternary nitrogens is 1. The number of hydrogen-bond acceptors (Lipinski definition) is 6. The van der Waals surface area contributed by atoms with Gasteiger partial charge in [0.25, 0.3) is 0 Å². The predicted octanol–water partition coefficient (Wildman–Crippen LogP) is 17.2. The zero-order chi connectivity index (χ0) is 46.2. The van der Waals surface area contributed by atoms with E-state index in [1.165, 1.54) is 231 Å². The predicted molar refractivity (Wildman–Crippen MR) is 271 cm³/mol. The summed E-state index contributed by atoms with van der Waals surface area (Å²) in [6.07, 6.45) is 54.6. The number of phosphoric ester groups is 1. The minimum absolute atomic E-state index is 0.0941. The molecule has 1 unspecified atom stereocenters. The van der Waals surface area contributed by atoms with Crippen LogP contribution in [0, 0.1) is 0 Å². The van der Waals surface area contributed by atoms with E-state index in [-0.39, 0.29) is 25.8 Å². The van der Waals surface area contributed by atoms with Crippen LogP contribution < -0.4 is 0 Å². The minimum Gasteiger partial charge on any atom is -0.457 e. The number of hydrogen-bond donors (Lipinski definition) is 1. The second-order valence-corrected chi connectivity index (χ2v) is 21.8. The summed E-state index contributed by atoms with van der Waals surface area (Å²) in [4.78, 5) is 23.0. The van der Waals surface area contributed by atoms with Crippen LogP contribution in [-0.4, -0.2) is 75.6 Å². The average molecular weight is 917 g/mol. The van der Waals surface area contributed by atoms with E-state index in [4.69, 9.17) is 18.5 Å². The lowest BCUT2D eigenvalue weighted by Crippen LogP contribution is -2.37. The van der Waals surface area contributed by atoms with Crippen LogP contribution in [-0.2, 0) is 27.9 Å². The highest BCUT2D eigenvalue weighted by atomic mass is 31.2. The van der Waals surface area contributed by atoms with Crippen molar-refractivity contribution in [2.24, 2.45) is 0 Å². The number of esters is 1. The van der Waals surface area contributed by atoms with Gasteiger partial charge in [0.05, 0.1) is 34.4 Å². The molecule has 8 nitrogen and oxygen atoms in total. The van der Waals surface area contributed by atoms with Gasteiger partial charge in [0, 0.05) is 13.0 Å². The number of rotatable bonds is 53. The Kier molecular flexibility index (Phi) is 47.6. The van der Waals surface area contributed by atoms with Gasteiger partial charge < -0.3 is 18.9 Å². The first kappa shape index (κ1) is 62.5. The standard InChI is InChI=1S/C54H110NO7P/c1-6-8-10-12-14-16-18-20-21-22-23-24-25-26-27-28-29-30-31-32-33-34-35-36-37-39-41-43-45-47-54(56)62-53(52-61-63(57,58)60-50-48-55(3,4)5)51-59-49-46-44-42-40-38-19-17-15-13-11-9-7-2/h53H,6-52H2,1-5H3/p+1/t53-/m1/s1. The van der Waals surface area contributed by atoms with Crippen LogP contribution in [0.5, 0.6) is 0 Å². The molecule has 0 amide bonds. The van der Waals surface area contributed by atoms with Gasteiger partial charge in [-0.25, -0.2) is 4.57 Å². The lowest BCUT2D eigenvalue weighted by atomic mass is 10.0. The fourth-order valence-electron chi connectivity index (χ4n) is 8.38. The van der Waals surface area contributed by atoms with Crippen molar-refractivity contribution in [2.75, 3.05) is 54.1 Å². The summed E-state index contributed by atoms with van der Waals surface area (Å²) in [5.41, 5.74) is 0. The third-order valence-electron chi connectivity index (χ3n) is 12.7. The highest BCUT2D eigenvalue weighted by Gasteiger charge is 2.26. The molecule has 63 heavy (non-hydrogen) atoms. The number of carbonyl (C=O) groups is 1. The van der Waals surface area contributed by atoms with E-state index in [1.807, 2.05) is 21.1 Å². The van der Waals surface area contributed by atoms with Crippen molar-refractivity contribution in [1.82, 2.24) is 0 Å². The molecular formula is C54H111NO7P+. The Morgan fingerprint density at radius 2 is 0.730 bits per heavy atom. The molecule has 0 radical (unpaired) electrons. The molecule has 0 saturated carbocycles. The van der Waals surface area contributed by atoms with Gasteiger partial charge in [-0.05, 0) is 12.8 Å². The molecule has 9 heteroatoms. The topological polar surface area (TPSA) is 91.3 Å². The summed E-state index contributed by atoms with van der Waals surface area (Å²) in [5, 5.41) is 0. The van der Waals surface area contributed by atoms with Crippen molar-refractivity contribution in [3.63, 3.8) is 0 Å². The zero-order valence-corrected chi connectivity index (χ0v) is 44.0. The summed E-state index contributed by atoms with van der Waals surface area (Å²) in [6.45, 7) is 5.70. The molecule has 0 aromatic rings. The van der Waals surface area contributed by atoms with E-state index < -0.39 is 13.9 Å². The first-order valence-electron chi connectivity index (χ1n) is 27.8. The van der Waals surface area contributed by atoms with E-state index in [1.54, 1.807) is 0 Å². The molecule has 0 rings (SSSR count). The Hall–Kier alpha value is -0.500. The molecule has 0 aliphatic rings. The molecule has 378 valence electrons. The van der Waals surface area contributed by atoms with E-state index >= 15 is 0 Å². The van der Waals surface area contributed by atoms with Gasteiger partial charge >= 0.3 is 13.8 Å². The van der Waals surface area contributed by atoms with E-state index in [0.717, 1.165) is 32.1 Å². The number of carbonyl (C=O) groups excluding carboxylic acids is 1. The molecule has 0 heterocycles. The van der Waals surface area contributed by atoms with Crippen LogP contribution in [0.4, 0.5) is 0 Å². The van der Waals surface area contributed by atoms with Gasteiger partial charge in [-0.1, -0.05) is 264 Å². The Bertz CT molecular complexity index is 976. The second-order valence-electron chi connectivity index (χ2n) is 20.3. The molecule has 0 aliphatic heterocycles. The summed E-state index contributed by atoms with van der Waals surface area (Å²) in [7, 11) is 1.69. The largest absolute Gasteiger partial charge is 0.472 e. The SMILES string of the molecule is CCCCCCCCCCCCCCCCCCCCCCCCCCCCCCCC(=O)O[C@H](COCCCCCCCCCCCCCC)COP(=O)(O)OCC[N+](C)(C)C. The summed E-state index contributed by atoms with van der Waals surface area (Å²) in [5.74, 6) is -0.304. The molecule has 0 spiro atoms. The van der Waals surface area contributed by atoms with Crippen molar-refractivity contribution in [3.8, 4) is 0 Å². The average Bonchev–Trinajstić information content (AvgIpc) is 3.24. The molecule has 0 saturated heterocycles. The van der Waals surface area contributed by atoms with Crippen molar-refractivity contribution in [1.29, 1.82) is 0 Å². The van der Waals surface area contributed by atoms with Crippen LogP contribution in [0.1, 0.15) is 284 Å². The first-order valence-corrected chi connectivity index (χ1v) is 29.3. The van der Waals surface area contributed by atoms with E-state index in [2.05, 4.69) is 13.8 Å². The van der Waals surface area contributed by atoms with Crippen LogP contribution in [0.2, 0.25) is 0 Å². The normalized spacial score (nSPS) is 13.4. The smallest absolute Gasteiger partial charge is 0.457 e. The summed E-state index contributed by atoms with van der Waals surface area (Å²) in [6, 6.07) is 0. The van der Waals surface area contributed by atoms with Crippen LogP contribution in [0.3, 0.4) is 0 Å². The maximum absolute atomic E-state index is 12.8. The third kappa shape index (κ3) is 52.3. The van der Waals surface area contributed by atoms with Gasteiger partial charge in [0.15, 0.2) is 0 Å². The van der Waals surface area contributed by atoms with Crippen LogP contribution >= 0.6 is 7.82 Å². The zero-order valence-electron chi connectivity index (χ0n) is 43.1. The number of unbranched alkanes of at least 4 members (excludes halogenated alkanes) is 39. The van der Waals surface area contributed by atoms with Crippen molar-refractivity contribution < 1.29 is 37.3 Å². The number of ether oxygens (including phenoxy) is 2. The van der Waals surface area contributed by atoms with E-state index in [9.17, 15) is 14.3 Å². The quantitative estimate of drug-likeness (QED) is 0.0281. The van der Waals surface area contributed by atoms with Gasteiger partial charge in [-0.2, -0.15) is 0 Å².